The molecule has 7 heteroatoms. The van der Waals surface area contributed by atoms with Crippen LogP contribution in [0, 0.1) is 0 Å². The summed E-state index contributed by atoms with van der Waals surface area (Å²) in [6.45, 7) is 0.214. The minimum absolute atomic E-state index is 0.214. The maximum absolute atomic E-state index is 11.1. The lowest BCUT2D eigenvalue weighted by Gasteiger charge is -2.19. The number of carbonyl (C=O) groups is 1. The molecule has 3 rings (SSSR count). The van der Waals surface area contributed by atoms with Gasteiger partial charge in [0.1, 0.15) is 0 Å². The third-order valence-corrected chi connectivity index (χ3v) is 4.78. The molecule has 0 saturated heterocycles. The molecule has 0 saturated carbocycles. The van der Waals surface area contributed by atoms with Crippen LogP contribution >= 0.6 is 15.9 Å². The lowest BCUT2D eigenvalue weighted by Crippen LogP contribution is -2.22. The van der Waals surface area contributed by atoms with E-state index in [0.717, 1.165) is 15.6 Å². The molecule has 1 atom stereocenters. The molecule has 1 aliphatic rings. The molecule has 2 aromatic carbocycles. The first-order chi connectivity index (χ1) is 12.2. The fourth-order valence-electron chi connectivity index (χ4n) is 2.76. The maximum atomic E-state index is 11.1. The van der Waals surface area contributed by atoms with Crippen LogP contribution in [0.3, 0.4) is 0 Å². The maximum Gasteiger partial charge on any atom is 0.231 e. The van der Waals surface area contributed by atoms with Gasteiger partial charge in [-0.15, -0.1) is 0 Å². The molecule has 0 unspecified atom stereocenters. The highest BCUT2D eigenvalue weighted by molar-refractivity contribution is 9.10. The van der Waals surface area contributed by atoms with Crippen molar-refractivity contribution in [3.05, 3.63) is 45.9 Å². The second-order valence-electron chi connectivity index (χ2n) is 5.45. The molecule has 1 aliphatic heterocycles. The number of methoxy groups -OCH3 is 2. The van der Waals surface area contributed by atoms with Crippen molar-refractivity contribution < 1.29 is 23.7 Å². The molecule has 0 aromatic heterocycles. The van der Waals surface area contributed by atoms with Gasteiger partial charge in [0.2, 0.25) is 13.2 Å². The predicted molar refractivity (Wildman–Crippen MR) is 95.5 cm³/mol. The Balaban J connectivity index is 1.91. The molecule has 0 fully saturated rings. The zero-order valence-corrected chi connectivity index (χ0v) is 15.5. The van der Waals surface area contributed by atoms with Gasteiger partial charge in [0.15, 0.2) is 23.0 Å². The van der Waals surface area contributed by atoms with Crippen molar-refractivity contribution in [3.63, 3.8) is 0 Å². The number of nitrogens with one attached hydrogen (secondary N) is 1. The van der Waals surface area contributed by atoms with Crippen molar-refractivity contribution in [1.29, 1.82) is 0 Å². The monoisotopic (exact) mass is 407 g/mol. The van der Waals surface area contributed by atoms with Gasteiger partial charge < -0.3 is 24.3 Å². The number of hydrogen-bond acceptors (Lipinski definition) is 5. The Morgan fingerprint density at radius 1 is 1.16 bits per heavy atom. The summed E-state index contributed by atoms with van der Waals surface area (Å²) in [4.78, 5) is 11.1. The van der Waals surface area contributed by atoms with Crippen molar-refractivity contribution >= 4 is 22.3 Å². The van der Waals surface area contributed by atoms with Gasteiger partial charge in [0, 0.05) is 4.47 Å². The molecule has 2 aromatic rings. The van der Waals surface area contributed by atoms with Crippen molar-refractivity contribution in [2.45, 2.75) is 12.5 Å². The molecule has 1 N–H and O–H groups in total. The van der Waals surface area contributed by atoms with Crippen LogP contribution in [0.1, 0.15) is 17.2 Å². The van der Waals surface area contributed by atoms with Gasteiger partial charge in [-0.1, -0.05) is 22.0 Å². The Morgan fingerprint density at radius 2 is 1.88 bits per heavy atom. The molecule has 1 amide bonds. The average Bonchev–Trinajstić information content (AvgIpc) is 3.10. The van der Waals surface area contributed by atoms with E-state index in [-0.39, 0.29) is 12.8 Å². The second-order valence-corrected chi connectivity index (χ2v) is 6.31. The lowest BCUT2D eigenvalue weighted by atomic mass is 9.98. The highest BCUT2D eigenvalue weighted by Crippen LogP contribution is 2.37. The molecule has 0 bridgehead atoms. The standard InChI is InChI=1S/C18H18BrNO5/c1-22-16-7-12(13(19)8-17(16)23-2)5-14(20-9-21)11-3-4-15-18(6-11)25-10-24-15/h3-4,6-9,14H,5,10H2,1-2H3,(H,20,21)/t14-/m1/s1. The minimum atomic E-state index is -0.221. The largest absolute Gasteiger partial charge is 0.493 e. The van der Waals surface area contributed by atoms with Crippen LogP contribution in [0.25, 0.3) is 0 Å². The number of amides is 1. The number of halogens is 1. The number of benzene rings is 2. The fraction of sp³-hybridized carbons (Fsp3) is 0.278. The second kappa shape index (κ2) is 7.65. The number of fused-ring (bicyclic) bond motifs is 1. The third kappa shape index (κ3) is 3.66. The van der Waals surface area contributed by atoms with Gasteiger partial charge in [0.25, 0.3) is 0 Å². The first kappa shape index (κ1) is 17.4. The van der Waals surface area contributed by atoms with E-state index >= 15 is 0 Å². The molecule has 25 heavy (non-hydrogen) atoms. The van der Waals surface area contributed by atoms with Gasteiger partial charge in [-0.3, -0.25) is 4.79 Å². The van der Waals surface area contributed by atoms with Crippen LogP contribution in [0.2, 0.25) is 0 Å². The number of carbonyl (C=O) groups excluding carboxylic acids is 1. The Morgan fingerprint density at radius 3 is 2.60 bits per heavy atom. The van der Waals surface area contributed by atoms with Gasteiger partial charge in [-0.05, 0) is 41.8 Å². The van der Waals surface area contributed by atoms with E-state index in [1.165, 1.54) is 0 Å². The molecule has 6 nitrogen and oxygen atoms in total. The molecule has 0 spiro atoms. The van der Waals surface area contributed by atoms with E-state index in [2.05, 4.69) is 21.2 Å². The summed E-state index contributed by atoms with van der Waals surface area (Å²) in [6.07, 6.45) is 1.27. The Kier molecular flexibility index (Phi) is 5.33. The Bertz CT molecular complexity index is 780. The lowest BCUT2D eigenvalue weighted by molar-refractivity contribution is -0.110. The van der Waals surface area contributed by atoms with Gasteiger partial charge >= 0.3 is 0 Å². The van der Waals surface area contributed by atoms with Crippen LogP contribution in [-0.2, 0) is 11.2 Å². The number of rotatable bonds is 7. The summed E-state index contributed by atoms with van der Waals surface area (Å²) in [7, 11) is 3.18. The van der Waals surface area contributed by atoms with Crippen LogP contribution in [0.4, 0.5) is 0 Å². The zero-order valence-electron chi connectivity index (χ0n) is 13.9. The van der Waals surface area contributed by atoms with E-state index < -0.39 is 0 Å². The quantitative estimate of drug-likeness (QED) is 0.713. The van der Waals surface area contributed by atoms with E-state index in [9.17, 15) is 4.79 Å². The normalized spacial score (nSPS) is 13.2. The summed E-state index contributed by atoms with van der Waals surface area (Å²) in [5.74, 6) is 2.67. The first-order valence-corrected chi connectivity index (χ1v) is 8.45. The van der Waals surface area contributed by atoms with Crippen molar-refractivity contribution in [2.24, 2.45) is 0 Å². The molecule has 132 valence electrons. The Labute approximate surface area is 154 Å². The van der Waals surface area contributed by atoms with Gasteiger partial charge in [-0.25, -0.2) is 0 Å². The summed E-state index contributed by atoms with van der Waals surface area (Å²) >= 11 is 3.56. The van der Waals surface area contributed by atoms with E-state index in [0.29, 0.717) is 35.8 Å². The Hall–Kier alpha value is -2.41. The molecular formula is C18H18BrNO5. The minimum Gasteiger partial charge on any atom is -0.493 e. The van der Waals surface area contributed by atoms with Gasteiger partial charge in [-0.2, -0.15) is 0 Å². The first-order valence-electron chi connectivity index (χ1n) is 7.66. The number of hydrogen-bond donors (Lipinski definition) is 1. The molecule has 1 heterocycles. The summed E-state index contributed by atoms with van der Waals surface area (Å²) in [5, 5.41) is 2.86. The topological polar surface area (TPSA) is 66.0 Å². The summed E-state index contributed by atoms with van der Waals surface area (Å²) < 4.78 is 22.3. The summed E-state index contributed by atoms with van der Waals surface area (Å²) in [5.41, 5.74) is 1.91. The van der Waals surface area contributed by atoms with Crippen LogP contribution < -0.4 is 24.3 Å². The van der Waals surface area contributed by atoms with Crippen LogP contribution in [0.5, 0.6) is 23.0 Å². The van der Waals surface area contributed by atoms with Crippen molar-refractivity contribution in [2.75, 3.05) is 21.0 Å². The van der Waals surface area contributed by atoms with Crippen molar-refractivity contribution in [3.8, 4) is 23.0 Å². The van der Waals surface area contributed by atoms with Crippen molar-refractivity contribution in [1.82, 2.24) is 5.32 Å². The van der Waals surface area contributed by atoms with E-state index in [1.54, 1.807) is 14.2 Å². The molecule has 0 radical (unpaired) electrons. The van der Waals surface area contributed by atoms with E-state index in [4.69, 9.17) is 18.9 Å². The SMILES string of the molecule is COc1cc(Br)c(C[C@@H](NC=O)c2ccc3c(c2)OCO3)cc1OC. The average molecular weight is 408 g/mol. The van der Waals surface area contributed by atoms with E-state index in [1.807, 2.05) is 30.3 Å². The zero-order chi connectivity index (χ0) is 17.8. The van der Waals surface area contributed by atoms with Gasteiger partial charge in [0.05, 0.1) is 20.3 Å². The third-order valence-electron chi connectivity index (χ3n) is 4.04. The number of ether oxygens (including phenoxy) is 4. The smallest absolute Gasteiger partial charge is 0.231 e. The highest BCUT2D eigenvalue weighted by atomic mass is 79.9. The molecular weight excluding hydrogens is 390 g/mol. The van der Waals surface area contributed by atoms with Crippen LogP contribution in [-0.4, -0.2) is 27.4 Å². The predicted octanol–water partition coefficient (Wildman–Crippen LogP) is 3.22. The highest BCUT2D eigenvalue weighted by Gasteiger charge is 2.20. The summed E-state index contributed by atoms with van der Waals surface area (Å²) in [6, 6.07) is 9.19. The fourth-order valence-corrected chi connectivity index (χ4v) is 3.24. The van der Waals surface area contributed by atoms with Crippen LogP contribution in [0.15, 0.2) is 34.8 Å². The molecule has 0 aliphatic carbocycles.